The average Bonchev–Trinajstić information content (AvgIpc) is 2.48. The monoisotopic (exact) mass is 337 g/mol. The largest absolute Gasteiger partial charge is 0.481 e. The molecule has 5 heteroatoms. The van der Waals surface area contributed by atoms with Crippen LogP contribution in [0.15, 0.2) is 42.5 Å². The first kappa shape index (κ1) is 16.7. The highest BCUT2D eigenvalue weighted by Gasteiger charge is 2.21. The molecule has 1 atom stereocenters. The maximum atomic E-state index is 11.6. The maximum absolute atomic E-state index is 11.6. The second kappa shape index (κ2) is 7.03. The smallest absolute Gasteiger partial charge is 0.311 e. The van der Waals surface area contributed by atoms with Gasteiger partial charge in [-0.15, -0.1) is 0 Å². The van der Waals surface area contributed by atoms with E-state index in [9.17, 15) is 9.90 Å². The Balaban J connectivity index is 2.25. The lowest BCUT2D eigenvalue weighted by Crippen LogP contribution is -2.15. The van der Waals surface area contributed by atoms with E-state index in [0.29, 0.717) is 22.0 Å². The predicted octanol–water partition coefficient (Wildman–Crippen LogP) is 4.47. The fourth-order valence-corrected chi connectivity index (χ4v) is 2.55. The summed E-state index contributed by atoms with van der Waals surface area (Å²) in [6.07, 6.45) is 0.404. The SMILES string of the molecule is CN(C)c1ccc(CC(C(=O)O)c2ccc(Cl)c(Cl)c2)cc1. The molecule has 0 radical (unpaired) electrons. The Labute approximate surface area is 140 Å². The molecule has 0 aliphatic heterocycles. The van der Waals surface area contributed by atoms with E-state index in [2.05, 4.69) is 0 Å². The minimum absolute atomic E-state index is 0.369. The Bertz CT molecular complexity index is 669. The fourth-order valence-electron chi connectivity index (χ4n) is 2.24. The lowest BCUT2D eigenvalue weighted by atomic mass is 9.92. The quantitative estimate of drug-likeness (QED) is 0.874. The van der Waals surface area contributed by atoms with Crippen molar-refractivity contribution in [1.82, 2.24) is 0 Å². The van der Waals surface area contributed by atoms with Crippen LogP contribution < -0.4 is 4.90 Å². The molecule has 1 N–H and O–H groups in total. The van der Waals surface area contributed by atoms with Gasteiger partial charge < -0.3 is 10.0 Å². The average molecular weight is 338 g/mol. The Morgan fingerprint density at radius 1 is 1.09 bits per heavy atom. The second-order valence-corrected chi connectivity index (χ2v) is 6.14. The third-order valence-electron chi connectivity index (χ3n) is 3.54. The van der Waals surface area contributed by atoms with E-state index in [-0.39, 0.29) is 0 Å². The molecule has 0 heterocycles. The molecule has 0 saturated carbocycles. The molecule has 0 amide bonds. The molecule has 3 nitrogen and oxygen atoms in total. The first-order chi connectivity index (χ1) is 10.4. The second-order valence-electron chi connectivity index (χ2n) is 5.33. The highest BCUT2D eigenvalue weighted by molar-refractivity contribution is 6.42. The number of benzene rings is 2. The van der Waals surface area contributed by atoms with Gasteiger partial charge in [-0.2, -0.15) is 0 Å². The number of carboxylic acid groups (broad SMARTS) is 1. The Morgan fingerprint density at radius 3 is 2.23 bits per heavy atom. The molecule has 0 aliphatic carbocycles. The fraction of sp³-hybridized carbons (Fsp3) is 0.235. The zero-order valence-corrected chi connectivity index (χ0v) is 13.9. The van der Waals surface area contributed by atoms with Crippen LogP contribution in [0.1, 0.15) is 17.0 Å². The third kappa shape index (κ3) is 3.93. The lowest BCUT2D eigenvalue weighted by molar-refractivity contribution is -0.138. The molecule has 0 saturated heterocycles. The van der Waals surface area contributed by atoms with Gasteiger partial charge in [0.05, 0.1) is 16.0 Å². The molecular weight excluding hydrogens is 321 g/mol. The summed E-state index contributed by atoms with van der Waals surface area (Å²) in [7, 11) is 3.93. The van der Waals surface area contributed by atoms with Crippen LogP contribution in [0.5, 0.6) is 0 Å². The molecule has 2 aromatic carbocycles. The van der Waals surface area contributed by atoms with Crippen LogP contribution >= 0.6 is 23.2 Å². The number of aliphatic carboxylic acids is 1. The first-order valence-corrected chi connectivity index (χ1v) is 7.58. The topological polar surface area (TPSA) is 40.5 Å². The number of nitrogens with zero attached hydrogens (tertiary/aromatic N) is 1. The standard InChI is InChI=1S/C17H17Cl2NO2/c1-20(2)13-6-3-11(4-7-13)9-14(17(21)22)12-5-8-15(18)16(19)10-12/h3-8,10,14H,9H2,1-2H3,(H,21,22). The van der Waals surface area contributed by atoms with Gasteiger partial charge in [0.1, 0.15) is 0 Å². The molecule has 2 aromatic rings. The molecule has 0 aromatic heterocycles. The van der Waals surface area contributed by atoms with Crippen molar-refractivity contribution >= 4 is 34.9 Å². The molecule has 2 rings (SSSR count). The van der Waals surface area contributed by atoms with Crippen molar-refractivity contribution in [2.45, 2.75) is 12.3 Å². The predicted molar refractivity (Wildman–Crippen MR) is 91.3 cm³/mol. The Morgan fingerprint density at radius 2 is 1.73 bits per heavy atom. The van der Waals surface area contributed by atoms with Gasteiger partial charge in [-0.1, -0.05) is 41.4 Å². The van der Waals surface area contributed by atoms with Gasteiger partial charge in [-0.3, -0.25) is 4.79 Å². The van der Waals surface area contributed by atoms with Crippen molar-refractivity contribution in [2.75, 3.05) is 19.0 Å². The number of carboxylic acids is 1. The van der Waals surface area contributed by atoms with Crippen LogP contribution in [0.3, 0.4) is 0 Å². The number of carbonyl (C=O) groups is 1. The Kier molecular flexibility index (Phi) is 5.33. The minimum Gasteiger partial charge on any atom is -0.481 e. The van der Waals surface area contributed by atoms with E-state index in [4.69, 9.17) is 23.2 Å². The van der Waals surface area contributed by atoms with Crippen molar-refractivity contribution in [3.05, 3.63) is 63.6 Å². The molecule has 0 aliphatic rings. The van der Waals surface area contributed by atoms with E-state index in [1.807, 2.05) is 43.3 Å². The summed E-state index contributed by atoms with van der Waals surface area (Å²) in [5.74, 6) is -1.53. The van der Waals surface area contributed by atoms with Crippen LogP contribution in [0, 0.1) is 0 Å². The zero-order valence-electron chi connectivity index (χ0n) is 12.4. The normalized spacial score (nSPS) is 12.0. The number of rotatable bonds is 5. The van der Waals surface area contributed by atoms with Crippen LogP contribution in [-0.4, -0.2) is 25.2 Å². The molecular formula is C17H17Cl2NO2. The highest BCUT2D eigenvalue weighted by atomic mass is 35.5. The molecule has 0 fully saturated rings. The summed E-state index contributed by atoms with van der Waals surface area (Å²) in [5.41, 5.74) is 2.69. The van der Waals surface area contributed by atoms with Gasteiger partial charge in [-0.05, 0) is 41.8 Å². The number of halogens is 2. The van der Waals surface area contributed by atoms with E-state index in [1.165, 1.54) is 0 Å². The molecule has 116 valence electrons. The van der Waals surface area contributed by atoms with E-state index >= 15 is 0 Å². The molecule has 0 spiro atoms. The summed E-state index contributed by atoms with van der Waals surface area (Å²) >= 11 is 11.9. The van der Waals surface area contributed by atoms with Crippen molar-refractivity contribution in [2.24, 2.45) is 0 Å². The third-order valence-corrected chi connectivity index (χ3v) is 4.28. The molecule has 0 bridgehead atoms. The van der Waals surface area contributed by atoms with Crippen molar-refractivity contribution < 1.29 is 9.90 Å². The van der Waals surface area contributed by atoms with Crippen LogP contribution in [0.4, 0.5) is 5.69 Å². The lowest BCUT2D eigenvalue weighted by Gasteiger charge is -2.16. The van der Waals surface area contributed by atoms with E-state index in [1.54, 1.807) is 18.2 Å². The number of hydrogen-bond acceptors (Lipinski definition) is 2. The number of hydrogen-bond donors (Lipinski definition) is 1. The van der Waals surface area contributed by atoms with E-state index in [0.717, 1.165) is 11.3 Å². The maximum Gasteiger partial charge on any atom is 0.311 e. The van der Waals surface area contributed by atoms with Gasteiger partial charge in [0, 0.05) is 19.8 Å². The summed E-state index contributed by atoms with van der Waals surface area (Å²) in [4.78, 5) is 13.6. The van der Waals surface area contributed by atoms with Crippen LogP contribution in [0.25, 0.3) is 0 Å². The highest BCUT2D eigenvalue weighted by Crippen LogP contribution is 2.29. The van der Waals surface area contributed by atoms with Crippen molar-refractivity contribution in [3.63, 3.8) is 0 Å². The van der Waals surface area contributed by atoms with Crippen molar-refractivity contribution in [3.8, 4) is 0 Å². The van der Waals surface area contributed by atoms with Gasteiger partial charge in [0.25, 0.3) is 0 Å². The van der Waals surface area contributed by atoms with Crippen molar-refractivity contribution in [1.29, 1.82) is 0 Å². The van der Waals surface area contributed by atoms with Gasteiger partial charge >= 0.3 is 5.97 Å². The Hall–Kier alpha value is -1.71. The molecule has 22 heavy (non-hydrogen) atoms. The summed E-state index contributed by atoms with van der Waals surface area (Å²) in [6.45, 7) is 0. The summed E-state index contributed by atoms with van der Waals surface area (Å²) in [6, 6.07) is 12.8. The van der Waals surface area contributed by atoms with Crippen LogP contribution in [0.2, 0.25) is 10.0 Å². The zero-order chi connectivity index (χ0) is 16.3. The van der Waals surface area contributed by atoms with Crippen LogP contribution in [-0.2, 0) is 11.2 Å². The van der Waals surface area contributed by atoms with Gasteiger partial charge in [0.15, 0.2) is 0 Å². The van der Waals surface area contributed by atoms with Gasteiger partial charge in [0.2, 0.25) is 0 Å². The summed E-state index contributed by atoms with van der Waals surface area (Å²) in [5, 5.41) is 10.3. The first-order valence-electron chi connectivity index (χ1n) is 6.82. The van der Waals surface area contributed by atoms with Gasteiger partial charge in [-0.25, -0.2) is 0 Å². The number of anilines is 1. The minimum atomic E-state index is -0.880. The van der Waals surface area contributed by atoms with E-state index < -0.39 is 11.9 Å². The molecule has 1 unspecified atom stereocenters. The summed E-state index contributed by atoms with van der Waals surface area (Å²) < 4.78 is 0.